The normalized spacial score (nSPS) is 10.7. The lowest BCUT2D eigenvalue weighted by Gasteiger charge is -2.08. The predicted molar refractivity (Wildman–Crippen MR) is 121 cm³/mol. The topological polar surface area (TPSA) is 93.8 Å². The van der Waals surface area contributed by atoms with Gasteiger partial charge in [-0.25, -0.2) is 4.68 Å². The van der Waals surface area contributed by atoms with E-state index in [1.807, 2.05) is 81.4 Å². The van der Waals surface area contributed by atoms with Crippen LogP contribution in [-0.4, -0.2) is 31.4 Å². The Morgan fingerprint density at radius 2 is 1.69 bits per heavy atom. The molecule has 32 heavy (non-hydrogen) atoms. The van der Waals surface area contributed by atoms with Crippen molar-refractivity contribution in [3.8, 4) is 16.9 Å². The lowest BCUT2D eigenvalue weighted by atomic mass is 10.1. The van der Waals surface area contributed by atoms with Gasteiger partial charge in [-0.15, -0.1) is 0 Å². The second-order valence-electron chi connectivity index (χ2n) is 7.63. The fraction of sp³-hybridized carbons (Fsp3) is 0.167. The van der Waals surface area contributed by atoms with Gasteiger partial charge >= 0.3 is 0 Å². The summed E-state index contributed by atoms with van der Waals surface area (Å²) < 4.78 is 3.24. The molecule has 0 aliphatic rings. The summed E-state index contributed by atoms with van der Waals surface area (Å²) in [5.74, 6) is -0.831. The Bertz CT molecular complexity index is 1270. The summed E-state index contributed by atoms with van der Waals surface area (Å²) in [6.45, 7) is 5.73. The zero-order valence-electron chi connectivity index (χ0n) is 18.2. The fourth-order valence-corrected chi connectivity index (χ4v) is 3.46. The minimum Gasteiger partial charge on any atom is -0.271 e. The SMILES string of the molecule is Cc1cccc(-c2nn(-c3ccccc3)cc2C(=O)NNC(=O)Cn2nc(C)cc2C)c1. The monoisotopic (exact) mass is 428 g/mol. The van der Waals surface area contributed by atoms with Crippen molar-refractivity contribution in [3.05, 3.63) is 89.4 Å². The van der Waals surface area contributed by atoms with Gasteiger partial charge < -0.3 is 0 Å². The second-order valence-corrected chi connectivity index (χ2v) is 7.63. The van der Waals surface area contributed by atoms with Crippen LogP contribution in [0.15, 0.2) is 66.9 Å². The standard InChI is InChI=1S/C24H24N6O2/c1-16-8-7-9-19(12-16)23-21(14-30(28-23)20-10-5-4-6-11-20)24(32)26-25-22(31)15-29-18(3)13-17(2)27-29/h4-14H,15H2,1-3H3,(H,25,31)(H,26,32). The molecule has 0 saturated carbocycles. The van der Waals surface area contributed by atoms with E-state index in [1.165, 1.54) is 0 Å². The van der Waals surface area contributed by atoms with Gasteiger partial charge in [0.25, 0.3) is 11.8 Å². The quantitative estimate of drug-likeness (QED) is 0.478. The molecule has 0 aliphatic heterocycles. The molecule has 2 aromatic carbocycles. The summed E-state index contributed by atoms with van der Waals surface area (Å²) in [6.07, 6.45) is 1.66. The Morgan fingerprint density at radius 1 is 0.906 bits per heavy atom. The number of hydrogen-bond donors (Lipinski definition) is 2. The minimum atomic E-state index is -0.453. The maximum absolute atomic E-state index is 13.0. The van der Waals surface area contributed by atoms with E-state index < -0.39 is 5.91 Å². The Balaban J connectivity index is 1.57. The van der Waals surface area contributed by atoms with E-state index in [9.17, 15) is 9.59 Å². The number of benzene rings is 2. The lowest BCUT2D eigenvalue weighted by Crippen LogP contribution is -2.43. The lowest BCUT2D eigenvalue weighted by molar-refractivity contribution is -0.122. The van der Waals surface area contributed by atoms with Crippen LogP contribution in [0.2, 0.25) is 0 Å². The van der Waals surface area contributed by atoms with Gasteiger partial charge in [-0.3, -0.25) is 25.1 Å². The van der Waals surface area contributed by atoms with Crippen LogP contribution in [0, 0.1) is 20.8 Å². The van der Waals surface area contributed by atoms with Crippen molar-refractivity contribution in [2.45, 2.75) is 27.3 Å². The summed E-state index contributed by atoms with van der Waals surface area (Å²) >= 11 is 0. The van der Waals surface area contributed by atoms with Crippen LogP contribution in [0.1, 0.15) is 27.3 Å². The smallest absolute Gasteiger partial charge is 0.271 e. The maximum Gasteiger partial charge on any atom is 0.273 e. The number of aryl methyl sites for hydroxylation is 3. The highest BCUT2D eigenvalue weighted by Gasteiger charge is 2.19. The van der Waals surface area contributed by atoms with Crippen LogP contribution < -0.4 is 10.9 Å². The van der Waals surface area contributed by atoms with Crippen molar-refractivity contribution in [1.29, 1.82) is 0 Å². The number of hydrazine groups is 1. The molecule has 8 heteroatoms. The first-order valence-corrected chi connectivity index (χ1v) is 10.2. The molecule has 4 rings (SSSR count). The maximum atomic E-state index is 13.0. The number of carbonyl (C=O) groups excluding carboxylic acids is 2. The molecule has 0 atom stereocenters. The minimum absolute atomic E-state index is 0.00790. The van der Waals surface area contributed by atoms with Crippen molar-refractivity contribution in [1.82, 2.24) is 30.4 Å². The van der Waals surface area contributed by atoms with Crippen LogP contribution in [0.5, 0.6) is 0 Å². The van der Waals surface area contributed by atoms with E-state index in [-0.39, 0.29) is 12.5 Å². The molecular formula is C24H24N6O2. The third-order valence-electron chi connectivity index (χ3n) is 4.98. The molecule has 2 heterocycles. The first kappa shape index (κ1) is 21.0. The Kier molecular flexibility index (Phi) is 5.85. The molecular weight excluding hydrogens is 404 g/mol. The summed E-state index contributed by atoms with van der Waals surface area (Å²) in [5, 5.41) is 8.92. The van der Waals surface area contributed by atoms with Crippen molar-refractivity contribution in [2.24, 2.45) is 0 Å². The summed E-state index contributed by atoms with van der Waals surface area (Å²) in [4.78, 5) is 25.3. The van der Waals surface area contributed by atoms with Gasteiger partial charge in [-0.2, -0.15) is 10.2 Å². The van der Waals surface area contributed by atoms with E-state index in [0.717, 1.165) is 28.2 Å². The largest absolute Gasteiger partial charge is 0.273 e. The van der Waals surface area contributed by atoms with Gasteiger partial charge in [0.2, 0.25) is 0 Å². The second kappa shape index (κ2) is 8.89. The number of hydrogen-bond acceptors (Lipinski definition) is 4. The van der Waals surface area contributed by atoms with Gasteiger partial charge in [0.1, 0.15) is 12.2 Å². The average Bonchev–Trinajstić information content (AvgIpc) is 3.36. The van der Waals surface area contributed by atoms with Gasteiger partial charge in [0, 0.05) is 17.5 Å². The number of para-hydroxylation sites is 1. The molecule has 2 aromatic heterocycles. The van der Waals surface area contributed by atoms with Gasteiger partial charge in [-0.05, 0) is 45.0 Å². The van der Waals surface area contributed by atoms with Crippen LogP contribution in [0.3, 0.4) is 0 Å². The number of nitrogens with zero attached hydrogens (tertiary/aromatic N) is 4. The Labute approximate surface area is 185 Å². The van der Waals surface area contributed by atoms with Crippen LogP contribution in [0.4, 0.5) is 0 Å². The van der Waals surface area contributed by atoms with Gasteiger partial charge in [0.15, 0.2) is 0 Å². The van der Waals surface area contributed by atoms with Crippen molar-refractivity contribution in [3.63, 3.8) is 0 Å². The first-order valence-electron chi connectivity index (χ1n) is 10.2. The Morgan fingerprint density at radius 3 is 2.38 bits per heavy atom. The summed E-state index contributed by atoms with van der Waals surface area (Å²) in [7, 11) is 0. The Hall–Kier alpha value is -4.20. The highest BCUT2D eigenvalue weighted by atomic mass is 16.2. The molecule has 0 unspecified atom stereocenters. The van der Waals surface area contributed by atoms with Crippen LogP contribution >= 0.6 is 0 Å². The number of rotatable bonds is 5. The van der Waals surface area contributed by atoms with E-state index in [4.69, 9.17) is 0 Å². The van der Waals surface area contributed by atoms with Crippen molar-refractivity contribution >= 4 is 11.8 Å². The zero-order valence-corrected chi connectivity index (χ0v) is 18.2. The number of carbonyl (C=O) groups is 2. The molecule has 162 valence electrons. The molecule has 0 spiro atoms. The first-order chi connectivity index (χ1) is 15.4. The van der Waals surface area contributed by atoms with E-state index >= 15 is 0 Å². The van der Waals surface area contributed by atoms with E-state index in [2.05, 4.69) is 21.0 Å². The van der Waals surface area contributed by atoms with Crippen molar-refractivity contribution < 1.29 is 9.59 Å². The highest BCUT2D eigenvalue weighted by molar-refractivity contribution is 6.00. The highest BCUT2D eigenvalue weighted by Crippen LogP contribution is 2.24. The molecule has 0 fully saturated rings. The summed E-state index contributed by atoms with van der Waals surface area (Å²) in [6, 6.07) is 19.2. The molecule has 2 N–H and O–H groups in total. The molecule has 4 aromatic rings. The summed E-state index contributed by atoms with van der Waals surface area (Å²) in [5.41, 5.74) is 10.3. The van der Waals surface area contributed by atoms with Gasteiger partial charge in [0.05, 0.1) is 16.9 Å². The van der Waals surface area contributed by atoms with E-state index in [1.54, 1.807) is 15.6 Å². The molecule has 0 aliphatic carbocycles. The van der Waals surface area contributed by atoms with E-state index in [0.29, 0.717) is 11.3 Å². The fourth-order valence-electron chi connectivity index (χ4n) is 3.46. The number of amides is 2. The molecule has 0 saturated heterocycles. The average molecular weight is 428 g/mol. The van der Waals surface area contributed by atoms with Crippen molar-refractivity contribution in [2.75, 3.05) is 0 Å². The molecule has 2 amide bonds. The van der Waals surface area contributed by atoms with Gasteiger partial charge in [-0.1, -0.05) is 42.0 Å². The predicted octanol–water partition coefficient (Wildman–Crippen LogP) is 3.12. The zero-order chi connectivity index (χ0) is 22.7. The number of aromatic nitrogens is 4. The van der Waals surface area contributed by atoms with Crippen LogP contribution in [-0.2, 0) is 11.3 Å². The molecule has 8 nitrogen and oxygen atoms in total. The van der Waals surface area contributed by atoms with Crippen LogP contribution in [0.25, 0.3) is 16.9 Å². The third kappa shape index (κ3) is 4.59. The third-order valence-corrected chi connectivity index (χ3v) is 4.98. The molecule has 0 radical (unpaired) electrons. The number of nitrogens with one attached hydrogen (secondary N) is 2. The molecule has 0 bridgehead atoms.